The molecule has 1 aliphatic rings. The van der Waals surface area contributed by atoms with Gasteiger partial charge in [-0.3, -0.25) is 0 Å². The van der Waals surface area contributed by atoms with E-state index in [4.69, 9.17) is 0 Å². The minimum atomic E-state index is -1.55. The lowest BCUT2D eigenvalue weighted by Gasteiger charge is -2.39. The van der Waals surface area contributed by atoms with E-state index < -0.39 is 10.0 Å². The van der Waals surface area contributed by atoms with E-state index in [0.717, 1.165) is 11.4 Å². The standard InChI is InChI=1S/C30H23NS/c1-4-12-23(13-5-1)31-24-20-21-30-28(22-24)27-18-10-11-19-29(27)32(30,25-14-6-2-7-15-25)26-16-8-3-9-17-26/h1-22,31H. The first-order valence-corrected chi connectivity index (χ1v) is 12.5. The van der Waals surface area contributed by atoms with Crippen LogP contribution in [0.2, 0.25) is 0 Å². The van der Waals surface area contributed by atoms with Crippen molar-refractivity contribution in [2.24, 2.45) is 0 Å². The topological polar surface area (TPSA) is 12.0 Å². The van der Waals surface area contributed by atoms with Crippen LogP contribution in [0, 0.1) is 0 Å². The number of rotatable bonds is 4. The van der Waals surface area contributed by atoms with Gasteiger partial charge in [-0.1, -0.05) is 72.8 Å². The summed E-state index contributed by atoms with van der Waals surface area (Å²) in [5.41, 5.74) is 4.87. The Hall–Kier alpha value is -3.75. The van der Waals surface area contributed by atoms with Gasteiger partial charge in [-0.25, -0.2) is 0 Å². The van der Waals surface area contributed by atoms with Crippen LogP contribution in [0.1, 0.15) is 0 Å². The monoisotopic (exact) mass is 429 g/mol. The molecule has 1 nitrogen and oxygen atoms in total. The molecule has 5 aromatic carbocycles. The van der Waals surface area contributed by atoms with Crippen LogP contribution >= 0.6 is 10.0 Å². The van der Waals surface area contributed by atoms with Crippen molar-refractivity contribution in [3.63, 3.8) is 0 Å². The summed E-state index contributed by atoms with van der Waals surface area (Å²) in [6.07, 6.45) is 0. The van der Waals surface area contributed by atoms with Gasteiger partial charge in [-0.05, 0) is 71.8 Å². The third kappa shape index (κ3) is 2.88. The second-order valence-electron chi connectivity index (χ2n) is 7.94. The van der Waals surface area contributed by atoms with E-state index in [1.54, 1.807) is 0 Å². The fourth-order valence-electron chi connectivity index (χ4n) is 4.74. The van der Waals surface area contributed by atoms with Crippen molar-refractivity contribution < 1.29 is 0 Å². The predicted molar refractivity (Wildman–Crippen MR) is 135 cm³/mol. The third-order valence-corrected chi connectivity index (χ3v) is 10.1. The van der Waals surface area contributed by atoms with Gasteiger partial charge in [0, 0.05) is 31.0 Å². The molecule has 0 fully saturated rings. The minimum absolute atomic E-state index is 1.10. The molecule has 0 radical (unpaired) electrons. The van der Waals surface area contributed by atoms with Gasteiger partial charge >= 0.3 is 0 Å². The Bertz CT molecular complexity index is 1340. The zero-order valence-electron chi connectivity index (χ0n) is 17.6. The highest BCUT2D eigenvalue weighted by atomic mass is 32.3. The van der Waals surface area contributed by atoms with Crippen LogP contribution in [-0.4, -0.2) is 0 Å². The largest absolute Gasteiger partial charge is 0.356 e. The van der Waals surface area contributed by atoms with Gasteiger partial charge in [-0.15, -0.1) is 10.0 Å². The van der Waals surface area contributed by atoms with Crippen LogP contribution in [0.5, 0.6) is 0 Å². The van der Waals surface area contributed by atoms with Crippen LogP contribution in [0.3, 0.4) is 0 Å². The highest BCUT2D eigenvalue weighted by molar-refractivity contribution is 8.34. The minimum Gasteiger partial charge on any atom is -0.356 e. The van der Waals surface area contributed by atoms with Gasteiger partial charge in [0.25, 0.3) is 0 Å². The molecule has 0 atom stereocenters. The molecule has 0 aliphatic carbocycles. The summed E-state index contributed by atoms with van der Waals surface area (Å²) < 4.78 is 0. The van der Waals surface area contributed by atoms with Gasteiger partial charge in [0.15, 0.2) is 0 Å². The summed E-state index contributed by atoms with van der Waals surface area (Å²) in [4.78, 5) is 5.58. The lowest BCUT2D eigenvalue weighted by molar-refractivity contribution is 1.29. The summed E-state index contributed by atoms with van der Waals surface area (Å²) in [7, 11) is -1.55. The number of fused-ring (bicyclic) bond motifs is 3. The normalized spacial score (nSPS) is 14.2. The smallest absolute Gasteiger partial charge is 0.0391 e. The molecule has 0 bridgehead atoms. The molecule has 1 aliphatic heterocycles. The van der Waals surface area contributed by atoms with Crippen LogP contribution in [0.15, 0.2) is 153 Å². The van der Waals surface area contributed by atoms with Crippen molar-refractivity contribution in [3.05, 3.63) is 133 Å². The molecule has 2 heteroatoms. The first-order valence-electron chi connectivity index (χ1n) is 10.9. The maximum atomic E-state index is 3.58. The number of benzene rings is 5. The summed E-state index contributed by atoms with van der Waals surface area (Å²) >= 11 is 0. The van der Waals surface area contributed by atoms with Crippen LogP contribution < -0.4 is 5.32 Å². The fraction of sp³-hybridized carbons (Fsp3) is 0. The lowest BCUT2D eigenvalue weighted by Crippen LogP contribution is -2.01. The Morgan fingerprint density at radius 3 is 1.59 bits per heavy atom. The average Bonchev–Trinajstić information content (AvgIpc) is 3.16. The Balaban J connectivity index is 1.63. The van der Waals surface area contributed by atoms with E-state index in [9.17, 15) is 0 Å². The summed E-state index contributed by atoms with van der Waals surface area (Å²) in [6, 6.07) is 48.3. The Kier molecular flexibility index (Phi) is 4.59. The van der Waals surface area contributed by atoms with E-state index >= 15 is 0 Å². The zero-order valence-corrected chi connectivity index (χ0v) is 18.4. The molecule has 1 N–H and O–H groups in total. The van der Waals surface area contributed by atoms with Crippen molar-refractivity contribution >= 4 is 21.4 Å². The molecule has 0 saturated heterocycles. The third-order valence-electron chi connectivity index (χ3n) is 6.07. The summed E-state index contributed by atoms with van der Waals surface area (Å²) in [5, 5.41) is 3.58. The number of nitrogens with one attached hydrogen (secondary N) is 1. The van der Waals surface area contributed by atoms with Crippen molar-refractivity contribution in [2.75, 3.05) is 5.32 Å². The Labute approximate surface area is 190 Å². The van der Waals surface area contributed by atoms with E-state index in [1.165, 1.54) is 30.7 Å². The van der Waals surface area contributed by atoms with E-state index in [1.807, 2.05) is 6.07 Å². The predicted octanol–water partition coefficient (Wildman–Crippen LogP) is 8.75. The summed E-state index contributed by atoms with van der Waals surface area (Å²) in [6.45, 7) is 0. The van der Waals surface area contributed by atoms with E-state index in [2.05, 4.69) is 133 Å². The second kappa shape index (κ2) is 7.74. The van der Waals surface area contributed by atoms with E-state index in [-0.39, 0.29) is 0 Å². The van der Waals surface area contributed by atoms with Crippen molar-refractivity contribution in [1.82, 2.24) is 0 Å². The maximum Gasteiger partial charge on any atom is 0.0391 e. The highest BCUT2D eigenvalue weighted by Gasteiger charge is 2.41. The molecule has 0 spiro atoms. The number of hydrogen-bond acceptors (Lipinski definition) is 1. The molecule has 0 aromatic heterocycles. The van der Waals surface area contributed by atoms with Gasteiger partial charge in [0.05, 0.1) is 0 Å². The second-order valence-corrected chi connectivity index (χ2v) is 11.0. The molecule has 0 unspecified atom stereocenters. The quantitative estimate of drug-likeness (QED) is 0.295. The fourth-order valence-corrected chi connectivity index (χ4v) is 8.96. The molecule has 0 amide bonds. The van der Waals surface area contributed by atoms with Crippen LogP contribution in [0.25, 0.3) is 11.1 Å². The average molecular weight is 430 g/mol. The Morgan fingerprint density at radius 1 is 0.406 bits per heavy atom. The van der Waals surface area contributed by atoms with Gasteiger partial charge in [-0.2, -0.15) is 0 Å². The number of hydrogen-bond donors (Lipinski definition) is 1. The van der Waals surface area contributed by atoms with Crippen LogP contribution in [0.4, 0.5) is 11.4 Å². The summed E-state index contributed by atoms with van der Waals surface area (Å²) in [5.74, 6) is 0. The van der Waals surface area contributed by atoms with Crippen molar-refractivity contribution in [3.8, 4) is 11.1 Å². The highest BCUT2D eigenvalue weighted by Crippen LogP contribution is 2.79. The van der Waals surface area contributed by atoms with Crippen molar-refractivity contribution in [2.45, 2.75) is 19.6 Å². The Morgan fingerprint density at radius 2 is 0.938 bits per heavy atom. The van der Waals surface area contributed by atoms with Gasteiger partial charge in [0.2, 0.25) is 0 Å². The van der Waals surface area contributed by atoms with Gasteiger partial charge < -0.3 is 5.32 Å². The molecule has 1 heterocycles. The molecule has 6 rings (SSSR count). The van der Waals surface area contributed by atoms with E-state index in [0.29, 0.717) is 0 Å². The zero-order chi connectivity index (χ0) is 21.4. The van der Waals surface area contributed by atoms with Crippen molar-refractivity contribution in [1.29, 1.82) is 0 Å². The molecular formula is C30H23NS. The number of anilines is 2. The molecule has 0 saturated carbocycles. The molecule has 32 heavy (non-hydrogen) atoms. The SMILES string of the molecule is c1ccc(Nc2ccc3c(c2)-c2ccccc2S3(c2ccccc2)c2ccccc2)cc1. The molecule has 154 valence electrons. The maximum absolute atomic E-state index is 3.58. The first-order chi connectivity index (χ1) is 15.9. The van der Waals surface area contributed by atoms with Crippen LogP contribution in [-0.2, 0) is 0 Å². The molecule has 5 aromatic rings. The number of para-hydroxylation sites is 1. The van der Waals surface area contributed by atoms with Gasteiger partial charge in [0.1, 0.15) is 0 Å². The molecular weight excluding hydrogens is 406 g/mol. The first kappa shape index (κ1) is 19.0. The lowest BCUT2D eigenvalue weighted by atomic mass is 10.1.